The largest absolute Gasteiger partial charge is 0.442 e. The van der Waals surface area contributed by atoms with Crippen LogP contribution in [0.3, 0.4) is 0 Å². The number of anilines is 1. The van der Waals surface area contributed by atoms with Gasteiger partial charge < -0.3 is 10.1 Å². The number of rotatable bonds is 3. The van der Waals surface area contributed by atoms with Crippen molar-refractivity contribution in [1.29, 1.82) is 0 Å². The summed E-state index contributed by atoms with van der Waals surface area (Å²) in [5, 5.41) is 2.64. The van der Waals surface area contributed by atoms with Crippen LogP contribution in [0.15, 0.2) is 18.2 Å². The Morgan fingerprint density at radius 1 is 1.29 bits per heavy atom. The van der Waals surface area contributed by atoms with Gasteiger partial charge in [0.1, 0.15) is 6.10 Å². The highest BCUT2D eigenvalue weighted by Gasteiger charge is 2.32. The number of nitrogens with one attached hydrogen (secondary N) is 1. The number of amides is 2. The molecule has 2 aliphatic rings. The van der Waals surface area contributed by atoms with Crippen LogP contribution in [0.25, 0.3) is 0 Å². The van der Waals surface area contributed by atoms with E-state index in [2.05, 4.69) is 5.32 Å². The summed E-state index contributed by atoms with van der Waals surface area (Å²) in [6.07, 6.45) is 0.129. The zero-order valence-corrected chi connectivity index (χ0v) is 14.3. The highest BCUT2D eigenvalue weighted by atomic mass is 32.2. The van der Waals surface area contributed by atoms with Crippen molar-refractivity contribution in [3.63, 3.8) is 0 Å². The van der Waals surface area contributed by atoms with Crippen LogP contribution < -0.4 is 10.2 Å². The summed E-state index contributed by atoms with van der Waals surface area (Å²) in [4.78, 5) is 24.5. The molecule has 2 amide bonds. The molecule has 0 radical (unpaired) electrons. The minimum Gasteiger partial charge on any atom is -0.442 e. The molecule has 1 aromatic rings. The summed E-state index contributed by atoms with van der Waals surface area (Å²) in [6.45, 7) is 2.05. The van der Waals surface area contributed by atoms with E-state index in [0.29, 0.717) is 25.1 Å². The number of benzene rings is 1. The van der Waals surface area contributed by atoms with Crippen molar-refractivity contribution in [3.05, 3.63) is 29.3 Å². The number of sulfone groups is 1. The fourth-order valence-electron chi connectivity index (χ4n) is 2.99. The van der Waals surface area contributed by atoms with Gasteiger partial charge in [-0.15, -0.1) is 0 Å². The number of cyclic esters (lactones) is 1. The Morgan fingerprint density at radius 2 is 2.00 bits per heavy atom. The summed E-state index contributed by atoms with van der Waals surface area (Å²) in [5.74, 6) is 0.138. The molecule has 0 unspecified atom stereocenters. The van der Waals surface area contributed by atoms with E-state index >= 15 is 0 Å². The lowest BCUT2D eigenvalue weighted by Crippen LogP contribution is -2.33. The van der Waals surface area contributed by atoms with Crippen molar-refractivity contribution in [2.45, 2.75) is 25.9 Å². The molecule has 1 saturated heterocycles. The van der Waals surface area contributed by atoms with Crippen LogP contribution in [0.4, 0.5) is 10.5 Å². The van der Waals surface area contributed by atoms with Crippen molar-refractivity contribution in [1.82, 2.24) is 5.32 Å². The van der Waals surface area contributed by atoms with E-state index in [1.165, 1.54) is 11.8 Å². The molecule has 130 valence electrons. The van der Waals surface area contributed by atoms with Crippen molar-refractivity contribution in [3.8, 4) is 0 Å². The van der Waals surface area contributed by atoms with E-state index in [0.717, 1.165) is 11.1 Å². The minimum absolute atomic E-state index is 0.138. The molecule has 1 fully saturated rings. The van der Waals surface area contributed by atoms with Gasteiger partial charge in [-0.25, -0.2) is 13.2 Å². The molecule has 1 N–H and O–H groups in total. The van der Waals surface area contributed by atoms with Crippen LogP contribution in [-0.4, -0.2) is 51.1 Å². The Hall–Kier alpha value is -2.09. The van der Waals surface area contributed by atoms with E-state index in [4.69, 9.17) is 4.74 Å². The first-order valence-corrected chi connectivity index (χ1v) is 9.71. The molecular formula is C16H20N2O5S. The maximum absolute atomic E-state index is 12.1. The molecule has 8 heteroatoms. The Bertz CT molecular complexity index is 775. The van der Waals surface area contributed by atoms with E-state index in [1.807, 2.05) is 18.2 Å². The monoisotopic (exact) mass is 352 g/mol. The van der Waals surface area contributed by atoms with Gasteiger partial charge in [-0.2, -0.15) is 0 Å². The van der Waals surface area contributed by atoms with Crippen LogP contribution in [0.2, 0.25) is 0 Å². The highest BCUT2D eigenvalue weighted by Crippen LogP contribution is 2.26. The number of nitrogens with zero attached hydrogens (tertiary/aromatic N) is 1. The number of fused-ring (bicyclic) bond motifs is 1. The summed E-state index contributed by atoms with van der Waals surface area (Å²) in [7, 11) is -3.00. The van der Waals surface area contributed by atoms with Gasteiger partial charge in [0, 0.05) is 12.6 Å². The smallest absolute Gasteiger partial charge is 0.414 e. The van der Waals surface area contributed by atoms with Gasteiger partial charge in [-0.3, -0.25) is 9.69 Å². The van der Waals surface area contributed by atoms with Crippen molar-refractivity contribution >= 4 is 27.5 Å². The molecule has 0 saturated carbocycles. The van der Waals surface area contributed by atoms with E-state index in [-0.39, 0.29) is 30.1 Å². The van der Waals surface area contributed by atoms with Crippen LogP contribution >= 0.6 is 0 Å². The van der Waals surface area contributed by atoms with Gasteiger partial charge in [-0.1, -0.05) is 6.07 Å². The summed E-state index contributed by atoms with van der Waals surface area (Å²) in [5.41, 5.74) is 2.68. The Morgan fingerprint density at radius 3 is 2.71 bits per heavy atom. The van der Waals surface area contributed by atoms with Gasteiger partial charge in [0.15, 0.2) is 9.84 Å². The molecule has 1 aromatic carbocycles. The fourth-order valence-corrected chi connectivity index (χ4v) is 4.25. The molecular weight excluding hydrogens is 332 g/mol. The van der Waals surface area contributed by atoms with E-state index < -0.39 is 15.9 Å². The van der Waals surface area contributed by atoms with Gasteiger partial charge in [0.25, 0.3) is 0 Å². The molecule has 7 nitrogen and oxygen atoms in total. The Balaban J connectivity index is 1.75. The molecule has 0 spiro atoms. The first-order chi connectivity index (χ1) is 11.3. The average Bonchev–Trinajstić information content (AvgIpc) is 2.82. The lowest BCUT2D eigenvalue weighted by molar-refractivity contribution is -0.119. The van der Waals surface area contributed by atoms with Crippen molar-refractivity contribution in [2.75, 3.05) is 29.5 Å². The first kappa shape index (κ1) is 16.8. The SMILES string of the molecule is CC(=O)NC[C@H]1CN(c2ccc3c(c2)CCS(=O)(=O)CC3)C(=O)O1. The molecule has 0 aromatic heterocycles. The number of hydrogen-bond donors (Lipinski definition) is 1. The molecule has 0 bridgehead atoms. The van der Waals surface area contributed by atoms with E-state index in [9.17, 15) is 18.0 Å². The Labute approximate surface area is 140 Å². The molecule has 2 aliphatic heterocycles. The van der Waals surface area contributed by atoms with Gasteiger partial charge in [0.2, 0.25) is 5.91 Å². The standard InChI is InChI=1S/C16H20N2O5S/c1-11(19)17-9-15-10-18(16(20)23-15)14-3-2-12-4-6-24(21,22)7-5-13(12)8-14/h2-3,8,15H,4-7,9-10H2,1H3,(H,17,19)/t15-/m0/s1. The van der Waals surface area contributed by atoms with E-state index in [1.54, 1.807) is 0 Å². The second-order valence-corrected chi connectivity index (χ2v) is 8.46. The highest BCUT2D eigenvalue weighted by molar-refractivity contribution is 7.91. The first-order valence-electron chi connectivity index (χ1n) is 7.89. The number of carbonyl (C=O) groups excluding carboxylic acids is 2. The second-order valence-electron chi connectivity index (χ2n) is 6.16. The molecule has 0 aliphatic carbocycles. The summed E-state index contributed by atoms with van der Waals surface area (Å²) in [6, 6.07) is 5.58. The number of aryl methyl sites for hydroxylation is 2. The molecule has 2 heterocycles. The number of ether oxygens (including phenoxy) is 1. The zero-order chi connectivity index (χ0) is 17.3. The van der Waals surface area contributed by atoms with Crippen molar-refractivity contribution < 1.29 is 22.7 Å². The normalized spacial score (nSPS) is 22.5. The van der Waals surface area contributed by atoms with Gasteiger partial charge in [-0.05, 0) is 36.1 Å². The minimum atomic E-state index is -3.00. The predicted molar refractivity (Wildman–Crippen MR) is 88.8 cm³/mol. The van der Waals surface area contributed by atoms with Crippen LogP contribution in [0.5, 0.6) is 0 Å². The number of hydrogen-bond acceptors (Lipinski definition) is 5. The summed E-state index contributed by atoms with van der Waals surface area (Å²) < 4.78 is 28.8. The zero-order valence-electron chi connectivity index (χ0n) is 13.4. The topological polar surface area (TPSA) is 92.8 Å². The summed E-state index contributed by atoms with van der Waals surface area (Å²) >= 11 is 0. The van der Waals surface area contributed by atoms with Crippen LogP contribution in [-0.2, 0) is 32.2 Å². The third-order valence-electron chi connectivity index (χ3n) is 4.32. The van der Waals surface area contributed by atoms with Gasteiger partial charge >= 0.3 is 6.09 Å². The second kappa shape index (κ2) is 6.43. The third kappa shape index (κ3) is 3.69. The predicted octanol–water partition coefficient (Wildman–Crippen LogP) is 0.661. The average molecular weight is 352 g/mol. The lowest BCUT2D eigenvalue weighted by atomic mass is 10.0. The van der Waals surface area contributed by atoms with Crippen LogP contribution in [0, 0.1) is 0 Å². The molecule has 3 rings (SSSR count). The maximum Gasteiger partial charge on any atom is 0.414 e. The number of carbonyl (C=O) groups is 2. The maximum atomic E-state index is 12.1. The quantitative estimate of drug-likeness (QED) is 0.863. The molecule has 24 heavy (non-hydrogen) atoms. The third-order valence-corrected chi connectivity index (χ3v) is 5.97. The molecule has 1 atom stereocenters. The van der Waals surface area contributed by atoms with Crippen LogP contribution in [0.1, 0.15) is 18.1 Å². The lowest BCUT2D eigenvalue weighted by Gasteiger charge is -2.15. The van der Waals surface area contributed by atoms with Crippen molar-refractivity contribution in [2.24, 2.45) is 0 Å². The Kier molecular flexibility index (Phi) is 4.49. The fraction of sp³-hybridized carbons (Fsp3) is 0.500. The van der Waals surface area contributed by atoms with Gasteiger partial charge in [0.05, 0.1) is 24.6 Å².